The molecule has 0 bridgehead atoms. The first-order valence-electron chi connectivity index (χ1n) is 21.9. The third-order valence-electron chi connectivity index (χ3n) is 11.0. The van der Waals surface area contributed by atoms with Gasteiger partial charge in [0.25, 0.3) is 0 Å². The zero-order chi connectivity index (χ0) is 42.9. The molecule has 0 atom stereocenters. The lowest BCUT2D eigenvalue weighted by Crippen LogP contribution is -2.11. The summed E-state index contributed by atoms with van der Waals surface area (Å²) in [6, 6.07) is 75.5. The molecule has 10 rings (SSSR count). The summed E-state index contributed by atoms with van der Waals surface area (Å²) in [5.41, 5.74) is 12.9. The maximum absolute atomic E-state index is 9.68. The first-order valence-corrected chi connectivity index (χ1v) is 19.9. The van der Waals surface area contributed by atoms with E-state index >= 15 is 0 Å². The minimum absolute atomic E-state index is 0.104. The summed E-state index contributed by atoms with van der Waals surface area (Å²) in [5.74, 6) is 0. The molecule has 0 heterocycles. The number of anilines is 3. The molecule has 0 saturated carbocycles. The predicted octanol–water partition coefficient (Wildman–Crippen LogP) is 16.3. The first-order chi connectivity index (χ1) is 30.9. The summed E-state index contributed by atoms with van der Waals surface area (Å²) in [4.78, 5) is 1.89. The van der Waals surface area contributed by atoms with Crippen molar-refractivity contribution in [1.29, 1.82) is 0 Å². The zero-order valence-electron chi connectivity index (χ0n) is 36.3. The zero-order valence-corrected chi connectivity index (χ0v) is 32.3. The Labute approximate surface area is 352 Å². The van der Waals surface area contributed by atoms with E-state index in [9.17, 15) is 5.48 Å². The van der Waals surface area contributed by atoms with Crippen molar-refractivity contribution in [3.8, 4) is 66.8 Å². The van der Waals surface area contributed by atoms with Crippen LogP contribution in [0.5, 0.6) is 0 Å². The second-order valence-electron chi connectivity index (χ2n) is 14.6. The molecule has 59 heavy (non-hydrogen) atoms. The number of fused-ring (bicyclic) bond motifs is 1. The average Bonchev–Trinajstić information content (AvgIpc) is 3.35. The van der Waals surface area contributed by atoms with E-state index in [4.69, 9.17) is 0 Å². The second-order valence-corrected chi connectivity index (χ2v) is 14.6. The van der Waals surface area contributed by atoms with Gasteiger partial charge in [-0.1, -0.05) is 206 Å². The lowest BCUT2D eigenvalue weighted by atomic mass is 9.95. The van der Waals surface area contributed by atoms with Gasteiger partial charge in [-0.2, -0.15) is 0 Å². The lowest BCUT2D eigenvalue weighted by Gasteiger charge is -2.28. The smallest absolute Gasteiger partial charge is 0.0645 e. The summed E-state index contributed by atoms with van der Waals surface area (Å²) < 4.78 is 38.3. The van der Waals surface area contributed by atoms with Crippen LogP contribution < -0.4 is 4.90 Å². The molecule has 0 aliphatic carbocycles. The maximum Gasteiger partial charge on any atom is 0.0645 e. The largest absolute Gasteiger partial charge is 0.310 e. The number of hydrogen-bond donors (Lipinski definition) is 0. The second kappa shape index (κ2) is 16.0. The lowest BCUT2D eigenvalue weighted by molar-refractivity contribution is 1.28. The average molecular weight is 756 g/mol. The van der Waals surface area contributed by atoms with Crippen LogP contribution in [0.2, 0.25) is 0 Å². The highest BCUT2D eigenvalue weighted by atomic mass is 15.1. The molecule has 0 amide bonds. The quantitative estimate of drug-likeness (QED) is 0.142. The van der Waals surface area contributed by atoms with Crippen molar-refractivity contribution in [3.63, 3.8) is 0 Å². The molecule has 278 valence electrons. The SMILES string of the molecule is [2H]c1c([2H])c(N(c2ccc(-c3cccc(-c4cccc5ccccc45)c3)cc2)c2ccccc2-c2ccc(-c3ccccc3)cc2)c([2H])c([2H])c1-c1cccc(-c2ccccc2)c1. The molecule has 0 unspecified atom stereocenters. The molecular weight excluding hydrogens is 711 g/mol. The minimum Gasteiger partial charge on any atom is -0.310 e. The summed E-state index contributed by atoms with van der Waals surface area (Å²) in [6.07, 6.45) is 0. The van der Waals surface area contributed by atoms with Gasteiger partial charge in [-0.25, -0.2) is 0 Å². The Kier molecular flexibility index (Phi) is 8.51. The first kappa shape index (κ1) is 31.4. The molecular formula is C58H41N. The van der Waals surface area contributed by atoms with Crippen LogP contribution in [-0.4, -0.2) is 0 Å². The van der Waals surface area contributed by atoms with Crippen LogP contribution >= 0.6 is 0 Å². The van der Waals surface area contributed by atoms with Crippen LogP contribution in [0.3, 0.4) is 0 Å². The minimum atomic E-state index is -0.128. The fourth-order valence-corrected chi connectivity index (χ4v) is 7.97. The molecule has 0 aliphatic rings. The van der Waals surface area contributed by atoms with E-state index < -0.39 is 0 Å². The Morgan fingerprint density at radius 1 is 0.271 bits per heavy atom. The van der Waals surface area contributed by atoms with Crippen molar-refractivity contribution in [1.82, 2.24) is 0 Å². The van der Waals surface area contributed by atoms with Crippen molar-refractivity contribution in [3.05, 3.63) is 249 Å². The van der Waals surface area contributed by atoms with E-state index in [2.05, 4.69) is 115 Å². The van der Waals surface area contributed by atoms with E-state index in [1.165, 1.54) is 16.3 Å². The standard InChI is InChI=1S/C58H41N/c1-3-14-42(15-4-1)44-28-30-48(31-29-44)57-25-9-10-27-58(57)59(53-36-32-45(33-37-53)50-21-11-20-49(40-50)43-16-5-2-6-17-43)54-38-34-46(35-39-54)51-22-12-23-52(41-51)56-26-13-19-47-18-7-8-24-55(47)56/h1-41H/i32D,33D,36D,37D. The van der Waals surface area contributed by atoms with Gasteiger partial charge in [-0.05, 0) is 114 Å². The molecule has 1 nitrogen and oxygen atoms in total. The fraction of sp³-hybridized carbons (Fsp3) is 0. The summed E-state index contributed by atoms with van der Waals surface area (Å²) in [6.45, 7) is 0. The van der Waals surface area contributed by atoms with Crippen molar-refractivity contribution in [2.24, 2.45) is 0 Å². The van der Waals surface area contributed by atoms with Crippen LogP contribution in [-0.2, 0) is 0 Å². The van der Waals surface area contributed by atoms with Crippen molar-refractivity contribution < 1.29 is 5.48 Å². The van der Waals surface area contributed by atoms with Crippen LogP contribution in [0.15, 0.2) is 249 Å². The van der Waals surface area contributed by atoms with Crippen LogP contribution in [0.4, 0.5) is 17.1 Å². The Bertz CT molecular complexity index is 3220. The third-order valence-corrected chi connectivity index (χ3v) is 11.0. The van der Waals surface area contributed by atoms with Crippen LogP contribution in [0.25, 0.3) is 77.5 Å². The molecule has 0 fully saturated rings. The molecule has 1 heteroatoms. The number of hydrogen-bond acceptors (Lipinski definition) is 1. The molecule has 0 spiro atoms. The number of rotatable bonds is 9. The molecule has 10 aromatic carbocycles. The van der Waals surface area contributed by atoms with E-state index in [0.717, 1.165) is 55.8 Å². The summed E-state index contributed by atoms with van der Waals surface area (Å²) in [7, 11) is 0. The number of benzene rings is 10. The van der Waals surface area contributed by atoms with Gasteiger partial charge in [0.2, 0.25) is 0 Å². The summed E-state index contributed by atoms with van der Waals surface area (Å²) in [5, 5.41) is 2.39. The molecule has 0 aromatic heterocycles. The normalized spacial score (nSPS) is 12.0. The molecule has 0 aliphatic heterocycles. The van der Waals surface area contributed by atoms with Gasteiger partial charge >= 0.3 is 0 Å². The predicted molar refractivity (Wildman–Crippen MR) is 251 cm³/mol. The van der Waals surface area contributed by atoms with E-state index in [1.54, 1.807) is 0 Å². The van der Waals surface area contributed by atoms with Gasteiger partial charge in [0.05, 0.1) is 11.2 Å². The Balaban J connectivity index is 1.11. The molecule has 0 saturated heterocycles. The van der Waals surface area contributed by atoms with Crippen molar-refractivity contribution in [2.45, 2.75) is 0 Å². The molecule has 0 radical (unpaired) electrons. The van der Waals surface area contributed by atoms with E-state index in [-0.39, 0.29) is 35.4 Å². The van der Waals surface area contributed by atoms with Gasteiger partial charge < -0.3 is 4.90 Å². The highest BCUT2D eigenvalue weighted by Gasteiger charge is 2.18. The Morgan fingerprint density at radius 2 is 0.712 bits per heavy atom. The van der Waals surface area contributed by atoms with Crippen molar-refractivity contribution >= 4 is 27.8 Å². The highest BCUT2D eigenvalue weighted by Crippen LogP contribution is 2.42. The van der Waals surface area contributed by atoms with E-state index in [0.29, 0.717) is 11.3 Å². The Morgan fingerprint density at radius 3 is 1.42 bits per heavy atom. The monoisotopic (exact) mass is 755 g/mol. The molecule has 10 aromatic rings. The van der Waals surface area contributed by atoms with E-state index in [1.807, 2.05) is 114 Å². The third kappa shape index (κ3) is 7.34. The van der Waals surface area contributed by atoms with Gasteiger partial charge in [0.1, 0.15) is 0 Å². The van der Waals surface area contributed by atoms with Gasteiger partial charge in [0.15, 0.2) is 0 Å². The topological polar surface area (TPSA) is 3.24 Å². The summed E-state index contributed by atoms with van der Waals surface area (Å²) >= 11 is 0. The van der Waals surface area contributed by atoms with Gasteiger partial charge in [-0.3, -0.25) is 0 Å². The van der Waals surface area contributed by atoms with Gasteiger partial charge in [0, 0.05) is 16.9 Å². The highest BCUT2D eigenvalue weighted by molar-refractivity contribution is 5.97. The number of nitrogens with zero attached hydrogens (tertiary/aromatic N) is 1. The maximum atomic E-state index is 9.68. The Hall–Kier alpha value is -7.74. The van der Waals surface area contributed by atoms with Crippen LogP contribution in [0.1, 0.15) is 5.48 Å². The van der Waals surface area contributed by atoms with Crippen LogP contribution in [0, 0.1) is 0 Å². The number of para-hydroxylation sites is 1. The van der Waals surface area contributed by atoms with Gasteiger partial charge in [-0.15, -0.1) is 0 Å². The fourth-order valence-electron chi connectivity index (χ4n) is 7.97. The van der Waals surface area contributed by atoms with Crippen molar-refractivity contribution in [2.75, 3.05) is 4.90 Å². The molecule has 0 N–H and O–H groups in total.